The van der Waals surface area contributed by atoms with Crippen LogP contribution in [-0.4, -0.2) is 20.7 Å². The molecule has 130 valence electrons. The highest BCUT2D eigenvalue weighted by molar-refractivity contribution is 6.39. The zero-order valence-corrected chi connectivity index (χ0v) is 15.6. The van der Waals surface area contributed by atoms with Crippen LogP contribution in [0.4, 0.5) is 5.69 Å². The van der Waals surface area contributed by atoms with Gasteiger partial charge in [-0.05, 0) is 30.0 Å². The second-order valence-corrected chi connectivity index (χ2v) is 6.72. The number of aromatic nitrogens is 3. The summed E-state index contributed by atoms with van der Waals surface area (Å²) in [5, 5.41) is 8.44. The third-order valence-electron chi connectivity index (χ3n) is 4.28. The third-order valence-corrected chi connectivity index (χ3v) is 4.67. The van der Waals surface area contributed by atoms with Gasteiger partial charge in [0, 0.05) is 18.9 Å². The van der Waals surface area contributed by atoms with Crippen LogP contribution in [0.25, 0.3) is 11.0 Å². The molecule has 1 N–H and O–H groups in total. The number of amides is 1. The number of rotatable bonds is 4. The van der Waals surface area contributed by atoms with Gasteiger partial charge in [0.15, 0.2) is 5.65 Å². The maximum absolute atomic E-state index is 12.6. The van der Waals surface area contributed by atoms with Gasteiger partial charge in [0.1, 0.15) is 0 Å². The molecule has 3 aromatic rings. The Bertz CT molecular complexity index is 929. The molecule has 0 aliphatic rings. The normalized spacial score (nSPS) is 11.3. The number of fused-ring (bicyclic) bond motifs is 1. The Morgan fingerprint density at radius 3 is 2.56 bits per heavy atom. The summed E-state index contributed by atoms with van der Waals surface area (Å²) >= 11 is 6.51. The highest BCUT2D eigenvalue weighted by atomic mass is 35.5. The van der Waals surface area contributed by atoms with E-state index in [1.807, 2.05) is 38.2 Å². The van der Waals surface area contributed by atoms with Gasteiger partial charge in [-0.25, -0.2) is 4.98 Å². The average Bonchev–Trinajstić information content (AvgIpc) is 2.92. The molecular formula is C19H21ClN4O. The Morgan fingerprint density at radius 1 is 1.28 bits per heavy atom. The average molecular weight is 357 g/mol. The van der Waals surface area contributed by atoms with E-state index in [4.69, 9.17) is 11.6 Å². The van der Waals surface area contributed by atoms with E-state index in [0.717, 1.165) is 23.2 Å². The van der Waals surface area contributed by atoms with Gasteiger partial charge in [-0.2, -0.15) is 5.10 Å². The number of nitrogens with zero attached hydrogens (tertiary/aromatic N) is 3. The number of pyridine rings is 1. The fraction of sp³-hybridized carbons (Fsp3) is 0.316. The first kappa shape index (κ1) is 17.4. The molecule has 0 bridgehead atoms. The molecule has 0 spiro atoms. The van der Waals surface area contributed by atoms with Crippen LogP contribution in [0.2, 0.25) is 5.02 Å². The van der Waals surface area contributed by atoms with Crippen molar-refractivity contribution in [3.63, 3.8) is 0 Å². The number of hydrogen-bond acceptors (Lipinski definition) is 3. The minimum atomic E-state index is -0.275. The summed E-state index contributed by atoms with van der Waals surface area (Å²) in [6, 6.07) is 7.82. The van der Waals surface area contributed by atoms with Gasteiger partial charge in [-0.15, -0.1) is 0 Å². The molecule has 0 radical (unpaired) electrons. The van der Waals surface area contributed by atoms with Gasteiger partial charge >= 0.3 is 0 Å². The van der Waals surface area contributed by atoms with E-state index >= 15 is 0 Å². The molecule has 0 saturated heterocycles. The molecule has 5 nitrogen and oxygen atoms in total. The van der Waals surface area contributed by atoms with Crippen molar-refractivity contribution in [1.29, 1.82) is 0 Å². The Kier molecular flexibility index (Phi) is 4.77. The quantitative estimate of drug-likeness (QED) is 0.745. The van der Waals surface area contributed by atoms with Crippen LogP contribution in [0, 0.1) is 0 Å². The van der Waals surface area contributed by atoms with Crippen LogP contribution in [0.15, 0.2) is 30.5 Å². The molecule has 2 heterocycles. The minimum Gasteiger partial charge on any atom is -0.322 e. The van der Waals surface area contributed by atoms with Gasteiger partial charge in [0.05, 0.1) is 21.7 Å². The van der Waals surface area contributed by atoms with Crippen molar-refractivity contribution in [2.24, 2.45) is 7.05 Å². The van der Waals surface area contributed by atoms with Crippen LogP contribution in [0.3, 0.4) is 0 Å². The summed E-state index contributed by atoms with van der Waals surface area (Å²) in [6.45, 7) is 6.27. The predicted molar refractivity (Wildman–Crippen MR) is 101 cm³/mol. The molecular weight excluding hydrogens is 336 g/mol. The SMILES string of the molecule is CCc1nn(C)c2ncc(C(=O)Nc3ccc(C(C)C)cc3)c(Cl)c12. The predicted octanol–water partition coefficient (Wildman–Crippen LogP) is 4.56. The summed E-state index contributed by atoms with van der Waals surface area (Å²) in [6.07, 6.45) is 2.23. The van der Waals surface area contributed by atoms with Crippen molar-refractivity contribution >= 4 is 34.2 Å². The van der Waals surface area contributed by atoms with E-state index in [1.165, 1.54) is 11.8 Å². The Hall–Kier alpha value is -2.40. The van der Waals surface area contributed by atoms with Crippen molar-refractivity contribution < 1.29 is 4.79 Å². The van der Waals surface area contributed by atoms with Crippen LogP contribution < -0.4 is 5.32 Å². The van der Waals surface area contributed by atoms with Gasteiger partial charge in [0.2, 0.25) is 0 Å². The van der Waals surface area contributed by atoms with Crippen molar-refractivity contribution in [1.82, 2.24) is 14.8 Å². The fourth-order valence-electron chi connectivity index (χ4n) is 2.81. The number of aryl methyl sites for hydroxylation is 2. The molecule has 0 fully saturated rings. The van der Waals surface area contributed by atoms with E-state index in [2.05, 4.69) is 29.2 Å². The van der Waals surface area contributed by atoms with E-state index in [-0.39, 0.29) is 5.91 Å². The van der Waals surface area contributed by atoms with Crippen LogP contribution in [0.1, 0.15) is 48.3 Å². The molecule has 0 aliphatic carbocycles. The van der Waals surface area contributed by atoms with Crippen molar-refractivity contribution in [2.75, 3.05) is 5.32 Å². The topological polar surface area (TPSA) is 59.8 Å². The lowest BCUT2D eigenvalue weighted by Gasteiger charge is -2.09. The van der Waals surface area contributed by atoms with Gasteiger partial charge < -0.3 is 5.32 Å². The van der Waals surface area contributed by atoms with E-state index in [1.54, 1.807) is 4.68 Å². The second-order valence-electron chi connectivity index (χ2n) is 6.34. The number of carbonyl (C=O) groups excluding carboxylic acids is 1. The van der Waals surface area contributed by atoms with Crippen molar-refractivity contribution in [2.45, 2.75) is 33.1 Å². The van der Waals surface area contributed by atoms with Crippen molar-refractivity contribution in [3.8, 4) is 0 Å². The minimum absolute atomic E-state index is 0.275. The molecule has 6 heteroatoms. The molecule has 1 aromatic carbocycles. The first-order valence-corrected chi connectivity index (χ1v) is 8.71. The zero-order valence-electron chi connectivity index (χ0n) is 14.8. The number of anilines is 1. The van der Waals surface area contributed by atoms with Gasteiger partial charge in [-0.3, -0.25) is 9.48 Å². The Balaban J connectivity index is 1.93. The zero-order chi connectivity index (χ0) is 18.1. The lowest BCUT2D eigenvalue weighted by atomic mass is 10.0. The molecule has 3 rings (SSSR count). The second kappa shape index (κ2) is 6.84. The standard InChI is InChI=1S/C19H21ClN4O/c1-5-15-16-17(20)14(10-21-18(16)24(4)23-15)19(25)22-13-8-6-12(7-9-13)11(2)3/h6-11H,5H2,1-4H3,(H,22,25). The third kappa shape index (κ3) is 3.24. The number of benzene rings is 1. The Morgan fingerprint density at radius 2 is 1.96 bits per heavy atom. The maximum Gasteiger partial charge on any atom is 0.258 e. The smallest absolute Gasteiger partial charge is 0.258 e. The fourth-order valence-corrected chi connectivity index (χ4v) is 3.14. The van der Waals surface area contributed by atoms with E-state index in [9.17, 15) is 4.79 Å². The number of hydrogen-bond donors (Lipinski definition) is 1. The summed E-state index contributed by atoms with van der Waals surface area (Å²) < 4.78 is 1.69. The first-order chi connectivity index (χ1) is 11.9. The molecule has 0 saturated carbocycles. The van der Waals surface area contributed by atoms with Gasteiger partial charge in [0.25, 0.3) is 5.91 Å². The monoisotopic (exact) mass is 356 g/mol. The molecule has 0 aliphatic heterocycles. The molecule has 1 amide bonds. The maximum atomic E-state index is 12.6. The lowest BCUT2D eigenvalue weighted by Crippen LogP contribution is -2.13. The van der Waals surface area contributed by atoms with Gasteiger partial charge in [-0.1, -0.05) is 44.5 Å². The molecule has 0 unspecified atom stereocenters. The molecule has 0 atom stereocenters. The van der Waals surface area contributed by atoms with Crippen LogP contribution in [0.5, 0.6) is 0 Å². The van der Waals surface area contributed by atoms with E-state index < -0.39 is 0 Å². The lowest BCUT2D eigenvalue weighted by molar-refractivity contribution is 0.102. The highest BCUT2D eigenvalue weighted by Gasteiger charge is 2.19. The number of carbonyl (C=O) groups is 1. The number of nitrogens with one attached hydrogen (secondary N) is 1. The van der Waals surface area contributed by atoms with Crippen LogP contribution in [-0.2, 0) is 13.5 Å². The molecule has 25 heavy (non-hydrogen) atoms. The summed E-state index contributed by atoms with van der Waals surface area (Å²) in [4.78, 5) is 17.0. The summed E-state index contributed by atoms with van der Waals surface area (Å²) in [5.41, 5.74) is 3.82. The highest BCUT2D eigenvalue weighted by Crippen LogP contribution is 2.29. The largest absolute Gasteiger partial charge is 0.322 e. The summed E-state index contributed by atoms with van der Waals surface area (Å²) in [5.74, 6) is 0.173. The number of halogens is 1. The Labute approximate surface area is 152 Å². The first-order valence-electron chi connectivity index (χ1n) is 8.33. The molecule has 2 aromatic heterocycles. The summed E-state index contributed by atoms with van der Waals surface area (Å²) in [7, 11) is 1.82. The van der Waals surface area contributed by atoms with Crippen LogP contribution >= 0.6 is 11.6 Å². The van der Waals surface area contributed by atoms with E-state index in [0.29, 0.717) is 22.2 Å². The van der Waals surface area contributed by atoms with Crippen molar-refractivity contribution in [3.05, 3.63) is 52.3 Å².